The van der Waals surface area contributed by atoms with Gasteiger partial charge in [-0.2, -0.15) is 0 Å². The molecule has 0 aliphatic carbocycles. The first-order valence-electron chi connectivity index (χ1n) is 5.53. The number of nitrogens with one attached hydrogen (secondary N) is 1. The fraction of sp³-hybridized carbons (Fsp3) is 0.0769. The molecule has 2 rings (SSSR count). The Balaban J connectivity index is 2.43. The third-order valence-corrected chi connectivity index (χ3v) is 5.82. The maximum atomic E-state index is 12.4. The molecule has 106 valence electrons. The van der Waals surface area contributed by atoms with Gasteiger partial charge in [-0.1, -0.05) is 17.7 Å². The van der Waals surface area contributed by atoms with Crippen molar-refractivity contribution in [3.05, 3.63) is 55.9 Å². The first-order valence-corrected chi connectivity index (χ1v) is 8.98. The highest BCUT2D eigenvalue weighted by Gasteiger charge is 2.19. The minimum absolute atomic E-state index is 0.176. The van der Waals surface area contributed by atoms with Crippen LogP contribution in [0.5, 0.6) is 0 Å². The molecule has 1 N–H and O–H groups in total. The predicted octanol–water partition coefficient (Wildman–Crippen LogP) is 4.97. The van der Waals surface area contributed by atoms with Crippen LogP contribution in [-0.4, -0.2) is 8.42 Å². The van der Waals surface area contributed by atoms with Crippen LogP contribution in [0.2, 0.25) is 5.02 Å². The summed E-state index contributed by atoms with van der Waals surface area (Å²) in [5.41, 5.74) is 1.37. The van der Waals surface area contributed by atoms with Crippen LogP contribution >= 0.6 is 43.5 Å². The maximum absolute atomic E-state index is 12.4. The number of hydrogen-bond acceptors (Lipinski definition) is 2. The Morgan fingerprint density at radius 2 is 1.75 bits per heavy atom. The van der Waals surface area contributed by atoms with Crippen LogP contribution < -0.4 is 4.72 Å². The summed E-state index contributed by atoms with van der Waals surface area (Å²) in [5, 5.41) is 0.453. The van der Waals surface area contributed by atoms with Crippen LogP contribution in [0.15, 0.2) is 50.2 Å². The van der Waals surface area contributed by atoms with E-state index in [1.807, 2.05) is 6.92 Å². The Bertz CT molecular complexity index is 763. The van der Waals surface area contributed by atoms with Crippen molar-refractivity contribution >= 4 is 59.2 Å². The quantitative estimate of drug-likeness (QED) is 0.734. The highest BCUT2D eigenvalue weighted by molar-refractivity contribution is 9.11. The molecule has 0 saturated heterocycles. The summed E-state index contributed by atoms with van der Waals surface area (Å²) in [4.78, 5) is 0.176. The van der Waals surface area contributed by atoms with E-state index in [9.17, 15) is 8.42 Å². The molecule has 0 amide bonds. The van der Waals surface area contributed by atoms with E-state index in [1.54, 1.807) is 36.4 Å². The second kappa shape index (κ2) is 6.05. The normalized spacial score (nSPS) is 11.4. The van der Waals surface area contributed by atoms with Gasteiger partial charge in [0.05, 0.1) is 5.69 Å². The average molecular weight is 440 g/mol. The zero-order valence-electron chi connectivity index (χ0n) is 10.3. The molecule has 0 aromatic heterocycles. The van der Waals surface area contributed by atoms with E-state index >= 15 is 0 Å². The van der Waals surface area contributed by atoms with Gasteiger partial charge >= 0.3 is 0 Å². The largest absolute Gasteiger partial charge is 0.278 e. The van der Waals surface area contributed by atoms with Gasteiger partial charge in [0, 0.05) is 14.0 Å². The van der Waals surface area contributed by atoms with Gasteiger partial charge in [-0.15, -0.1) is 0 Å². The smallest absolute Gasteiger partial charge is 0.263 e. The zero-order chi connectivity index (χ0) is 14.9. The molecule has 3 nitrogen and oxygen atoms in total. The van der Waals surface area contributed by atoms with Gasteiger partial charge in [0.2, 0.25) is 0 Å². The average Bonchev–Trinajstić information content (AvgIpc) is 2.33. The lowest BCUT2D eigenvalue weighted by Crippen LogP contribution is -2.14. The summed E-state index contributed by atoms with van der Waals surface area (Å²) in [6, 6.07) is 9.95. The molecule has 0 radical (unpaired) electrons. The molecule has 0 aliphatic rings. The van der Waals surface area contributed by atoms with Gasteiger partial charge in [0.25, 0.3) is 10.0 Å². The summed E-state index contributed by atoms with van der Waals surface area (Å²) in [6.07, 6.45) is 0. The zero-order valence-corrected chi connectivity index (χ0v) is 15.1. The Kier molecular flexibility index (Phi) is 4.79. The third-order valence-electron chi connectivity index (χ3n) is 2.55. The van der Waals surface area contributed by atoms with E-state index in [0.717, 1.165) is 5.56 Å². The van der Waals surface area contributed by atoms with Crippen LogP contribution in [0, 0.1) is 6.92 Å². The van der Waals surface area contributed by atoms with Gasteiger partial charge < -0.3 is 0 Å². The monoisotopic (exact) mass is 437 g/mol. The Hall–Kier alpha value is -0.560. The molecule has 0 heterocycles. The first-order chi connectivity index (χ1) is 9.29. The first kappa shape index (κ1) is 15.8. The fourth-order valence-corrected chi connectivity index (χ4v) is 4.51. The van der Waals surface area contributed by atoms with Gasteiger partial charge in [-0.25, -0.2) is 8.42 Å². The van der Waals surface area contributed by atoms with Crippen molar-refractivity contribution in [1.29, 1.82) is 0 Å². The molecule has 0 saturated carbocycles. The number of benzene rings is 2. The number of sulfonamides is 1. The molecule has 2 aromatic rings. The molecule has 20 heavy (non-hydrogen) atoms. The Labute approximate surface area is 139 Å². The van der Waals surface area contributed by atoms with Gasteiger partial charge in [-0.3, -0.25) is 4.72 Å². The molecule has 0 aliphatic heterocycles. The second-order valence-electron chi connectivity index (χ2n) is 4.16. The highest BCUT2D eigenvalue weighted by atomic mass is 79.9. The molecule has 0 atom stereocenters. The van der Waals surface area contributed by atoms with Crippen LogP contribution in [0.1, 0.15) is 5.56 Å². The van der Waals surface area contributed by atoms with E-state index in [4.69, 9.17) is 11.6 Å². The minimum Gasteiger partial charge on any atom is -0.278 e. The van der Waals surface area contributed by atoms with Crippen molar-refractivity contribution in [2.45, 2.75) is 11.8 Å². The van der Waals surface area contributed by atoms with Crippen molar-refractivity contribution in [1.82, 2.24) is 0 Å². The van der Waals surface area contributed by atoms with E-state index in [1.165, 1.54) is 0 Å². The molecule has 7 heteroatoms. The highest BCUT2D eigenvalue weighted by Crippen LogP contribution is 2.30. The lowest BCUT2D eigenvalue weighted by molar-refractivity contribution is 0.600. The van der Waals surface area contributed by atoms with Crippen molar-refractivity contribution in [2.24, 2.45) is 0 Å². The van der Waals surface area contributed by atoms with Crippen LogP contribution in [-0.2, 0) is 10.0 Å². The van der Waals surface area contributed by atoms with Gasteiger partial charge in [0.15, 0.2) is 0 Å². The van der Waals surface area contributed by atoms with E-state index < -0.39 is 10.0 Å². The Morgan fingerprint density at radius 3 is 2.40 bits per heavy atom. The van der Waals surface area contributed by atoms with E-state index in [2.05, 4.69) is 36.6 Å². The fourth-order valence-electron chi connectivity index (χ4n) is 1.60. The number of hydrogen-bond donors (Lipinski definition) is 1. The lowest BCUT2D eigenvalue weighted by atomic mass is 10.2. The van der Waals surface area contributed by atoms with Crippen molar-refractivity contribution in [3.8, 4) is 0 Å². The van der Waals surface area contributed by atoms with Crippen LogP contribution in [0.4, 0.5) is 5.69 Å². The number of halogens is 3. The van der Waals surface area contributed by atoms with E-state index in [0.29, 0.717) is 19.7 Å². The topological polar surface area (TPSA) is 46.2 Å². The van der Waals surface area contributed by atoms with Crippen molar-refractivity contribution < 1.29 is 8.42 Å². The van der Waals surface area contributed by atoms with Crippen molar-refractivity contribution in [3.63, 3.8) is 0 Å². The molecule has 0 bridgehead atoms. The summed E-state index contributed by atoms with van der Waals surface area (Å²) >= 11 is 12.4. The van der Waals surface area contributed by atoms with Crippen molar-refractivity contribution in [2.75, 3.05) is 4.72 Å². The molecule has 0 unspecified atom stereocenters. The number of anilines is 1. The van der Waals surface area contributed by atoms with E-state index in [-0.39, 0.29) is 4.90 Å². The van der Waals surface area contributed by atoms with Gasteiger partial charge in [0.1, 0.15) is 4.90 Å². The summed E-state index contributed by atoms with van der Waals surface area (Å²) in [5.74, 6) is 0. The molecule has 2 aromatic carbocycles. The SMILES string of the molecule is Cc1ccc(S(=O)(=O)Nc2cc(Cl)ccc2Br)c(Br)c1. The maximum Gasteiger partial charge on any atom is 0.263 e. The number of rotatable bonds is 3. The lowest BCUT2D eigenvalue weighted by Gasteiger charge is -2.11. The minimum atomic E-state index is -3.69. The summed E-state index contributed by atoms with van der Waals surface area (Å²) in [7, 11) is -3.69. The third kappa shape index (κ3) is 3.55. The standard InChI is InChI=1S/C13H10Br2ClNO2S/c1-8-2-5-13(11(15)6-8)20(18,19)17-12-7-9(16)3-4-10(12)14/h2-7,17H,1H3. The summed E-state index contributed by atoms with van der Waals surface area (Å²) < 4.78 is 28.4. The Morgan fingerprint density at radius 1 is 1.05 bits per heavy atom. The second-order valence-corrected chi connectivity index (χ2v) is 7.96. The van der Waals surface area contributed by atoms with Crippen LogP contribution in [0.25, 0.3) is 0 Å². The number of aryl methyl sites for hydroxylation is 1. The summed E-state index contributed by atoms with van der Waals surface area (Å²) in [6.45, 7) is 1.89. The predicted molar refractivity (Wildman–Crippen MR) is 88.8 cm³/mol. The molecule has 0 spiro atoms. The molecular weight excluding hydrogens is 429 g/mol. The van der Waals surface area contributed by atoms with Gasteiger partial charge in [-0.05, 0) is 74.7 Å². The molecule has 0 fully saturated rings. The van der Waals surface area contributed by atoms with Crippen LogP contribution in [0.3, 0.4) is 0 Å². The molecular formula is C13H10Br2ClNO2S.